The number of rotatable bonds is 3. The van der Waals surface area contributed by atoms with Gasteiger partial charge in [-0.15, -0.1) is 0 Å². The number of carbonyl (C=O) groups excluding carboxylic acids is 1. The number of halogens is 2. The van der Waals surface area contributed by atoms with E-state index in [0.717, 1.165) is 35.7 Å². The SMILES string of the molecule is C[C@H]1CCCC[C@@H]1N1C(=O)/C(=C/c2ccc(Cl)cc2Cl)SC1=Nc1ccccc1. The van der Waals surface area contributed by atoms with Crippen molar-refractivity contribution in [1.29, 1.82) is 0 Å². The van der Waals surface area contributed by atoms with Gasteiger partial charge in [-0.25, -0.2) is 4.99 Å². The summed E-state index contributed by atoms with van der Waals surface area (Å²) in [7, 11) is 0. The van der Waals surface area contributed by atoms with Gasteiger partial charge in [-0.05, 0) is 66.4 Å². The summed E-state index contributed by atoms with van der Waals surface area (Å²) in [5, 5.41) is 1.85. The Balaban J connectivity index is 1.73. The van der Waals surface area contributed by atoms with Crippen molar-refractivity contribution in [2.75, 3.05) is 0 Å². The molecule has 0 unspecified atom stereocenters. The fraction of sp³-hybridized carbons (Fsp3) is 0.304. The summed E-state index contributed by atoms with van der Waals surface area (Å²) in [6.07, 6.45) is 6.36. The molecule has 150 valence electrons. The molecular weight excluding hydrogens is 423 g/mol. The molecule has 0 N–H and O–H groups in total. The smallest absolute Gasteiger partial charge is 0.267 e. The van der Waals surface area contributed by atoms with Crippen molar-refractivity contribution in [2.24, 2.45) is 10.9 Å². The summed E-state index contributed by atoms with van der Waals surface area (Å²) in [6.45, 7) is 2.24. The zero-order valence-electron chi connectivity index (χ0n) is 16.1. The van der Waals surface area contributed by atoms with Gasteiger partial charge in [0.2, 0.25) is 0 Å². The van der Waals surface area contributed by atoms with Crippen LogP contribution in [0.25, 0.3) is 6.08 Å². The number of benzene rings is 2. The maximum Gasteiger partial charge on any atom is 0.267 e. The van der Waals surface area contributed by atoms with E-state index in [1.165, 1.54) is 18.2 Å². The molecule has 0 radical (unpaired) electrons. The summed E-state index contributed by atoms with van der Waals surface area (Å²) in [4.78, 5) is 20.8. The second kappa shape index (κ2) is 8.95. The van der Waals surface area contributed by atoms with Crippen LogP contribution in [0, 0.1) is 5.92 Å². The second-order valence-electron chi connectivity index (χ2n) is 7.51. The quantitative estimate of drug-likeness (QED) is 0.469. The Kier molecular flexibility index (Phi) is 6.33. The van der Waals surface area contributed by atoms with Gasteiger partial charge < -0.3 is 0 Å². The highest BCUT2D eigenvalue weighted by Gasteiger charge is 2.41. The molecule has 1 amide bonds. The Labute approximate surface area is 185 Å². The molecule has 3 nitrogen and oxygen atoms in total. The maximum atomic E-state index is 13.4. The van der Waals surface area contributed by atoms with Crippen LogP contribution in [0.2, 0.25) is 10.0 Å². The number of thioether (sulfide) groups is 1. The monoisotopic (exact) mass is 444 g/mol. The van der Waals surface area contributed by atoms with E-state index in [1.54, 1.807) is 12.1 Å². The Morgan fingerprint density at radius 1 is 1.10 bits per heavy atom. The van der Waals surface area contributed by atoms with E-state index in [-0.39, 0.29) is 11.9 Å². The second-order valence-corrected chi connectivity index (χ2v) is 9.36. The number of para-hydroxylation sites is 1. The van der Waals surface area contributed by atoms with Gasteiger partial charge >= 0.3 is 0 Å². The molecule has 4 rings (SSSR count). The number of nitrogens with zero attached hydrogens (tertiary/aromatic N) is 2. The Hall–Kier alpha value is -1.75. The van der Waals surface area contributed by atoms with Crippen molar-refractivity contribution in [3.05, 3.63) is 69.0 Å². The van der Waals surface area contributed by atoms with Crippen LogP contribution in [-0.2, 0) is 4.79 Å². The van der Waals surface area contributed by atoms with E-state index in [9.17, 15) is 4.79 Å². The first-order valence-corrected chi connectivity index (χ1v) is 11.4. The van der Waals surface area contributed by atoms with Crippen LogP contribution < -0.4 is 0 Å². The fourth-order valence-electron chi connectivity index (χ4n) is 3.91. The van der Waals surface area contributed by atoms with Crippen LogP contribution in [0.4, 0.5) is 5.69 Å². The van der Waals surface area contributed by atoms with Gasteiger partial charge in [0.25, 0.3) is 5.91 Å². The van der Waals surface area contributed by atoms with Gasteiger partial charge in [-0.1, -0.05) is 67.2 Å². The number of aliphatic imine (C=N–C) groups is 1. The molecule has 0 aromatic heterocycles. The van der Waals surface area contributed by atoms with Crippen molar-refractivity contribution in [3.8, 4) is 0 Å². The van der Waals surface area contributed by atoms with Crippen molar-refractivity contribution in [3.63, 3.8) is 0 Å². The highest BCUT2D eigenvalue weighted by molar-refractivity contribution is 8.18. The standard InChI is InChI=1S/C23H22Cl2N2OS/c1-15-7-5-6-10-20(15)27-22(28)21(13-16-11-12-17(24)14-19(16)25)29-23(27)26-18-8-3-2-4-9-18/h2-4,8-9,11-15,20H,5-7,10H2,1H3/b21-13-,26-23?/t15-,20-/m0/s1. The number of carbonyl (C=O) groups is 1. The molecule has 6 heteroatoms. The largest absolute Gasteiger partial charge is 0.283 e. The van der Waals surface area contributed by atoms with Crippen LogP contribution in [0.3, 0.4) is 0 Å². The first kappa shape index (κ1) is 20.5. The van der Waals surface area contributed by atoms with Crippen LogP contribution in [0.1, 0.15) is 38.2 Å². The number of hydrogen-bond donors (Lipinski definition) is 0. The lowest BCUT2D eigenvalue weighted by atomic mass is 9.85. The van der Waals surface area contributed by atoms with E-state index in [1.807, 2.05) is 47.4 Å². The first-order valence-electron chi connectivity index (χ1n) is 9.85. The van der Waals surface area contributed by atoms with E-state index < -0.39 is 0 Å². The molecule has 2 aliphatic rings. The summed E-state index contributed by atoms with van der Waals surface area (Å²) in [6, 6.07) is 15.3. The van der Waals surface area contributed by atoms with Gasteiger partial charge in [-0.3, -0.25) is 9.69 Å². The summed E-state index contributed by atoms with van der Waals surface area (Å²) in [5.74, 6) is 0.460. The zero-order chi connectivity index (χ0) is 20.4. The maximum absolute atomic E-state index is 13.4. The minimum Gasteiger partial charge on any atom is -0.283 e. The molecule has 2 fully saturated rings. The number of hydrogen-bond acceptors (Lipinski definition) is 3. The first-order chi connectivity index (χ1) is 14.0. The molecule has 1 saturated heterocycles. The Bertz CT molecular complexity index is 974. The molecule has 2 aromatic rings. The molecule has 29 heavy (non-hydrogen) atoms. The van der Waals surface area contributed by atoms with Gasteiger partial charge in [0, 0.05) is 16.1 Å². The van der Waals surface area contributed by atoms with E-state index in [4.69, 9.17) is 28.2 Å². The third-order valence-corrected chi connectivity index (χ3v) is 7.01. The van der Waals surface area contributed by atoms with Gasteiger partial charge in [0.05, 0.1) is 10.6 Å². The van der Waals surface area contributed by atoms with Crippen molar-refractivity contribution >= 4 is 57.8 Å². The topological polar surface area (TPSA) is 32.7 Å². The Morgan fingerprint density at radius 2 is 1.86 bits per heavy atom. The van der Waals surface area contributed by atoms with Gasteiger partial charge in [0.1, 0.15) is 0 Å². The molecule has 2 aromatic carbocycles. The lowest BCUT2D eigenvalue weighted by Crippen LogP contribution is -2.44. The average molecular weight is 445 g/mol. The third-order valence-electron chi connectivity index (χ3n) is 5.46. The molecule has 0 spiro atoms. The van der Waals surface area contributed by atoms with Gasteiger partial charge in [-0.2, -0.15) is 0 Å². The molecule has 1 heterocycles. The molecule has 1 saturated carbocycles. The van der Waals surface area contributed by atoms with Crippen molar-refractivity contribution in [2.45, 2.75) is 38.6 Å². The van der Waals surface area contributed by atoms with Crippen molar-refractivity contribution in [1.82, 2.24) is 4.90 Å². The minimum absolute atomic E-state index is 0.00875. The average Bonchev–Trinajstić information content (AvgIpc) is 3.00. The summed E-state index contributed by atoms with van der Waals surface area (Å²) < 4.78 is 0. The zero-order valence-corrected chi connectivity index (χ0v) is 18.5. The van der Waals surface area contributed by atoms with Crippen molar-refractivity contribution < 1.29 is 4.79 Å². The third kappa shape index (κ3) is 4.55. The Morgan fingerprint density at radius 3 is 2.59 bits per heavy atom. The molecule has 1 aliphatic heterocycles. The summed E-state index contributed by atoms with van der Waals surface area (Å²) in [5.41, 5.74) is 1.63. The molecule has 1 aliphatic carbocycles. The predicted octanol–water partition coefficient (Wildman–Crippen LogP) is 7.18. The van der Waals surface area contributed by atoms with Crippen LogP contribution >= 0.6 is 35.0 Å². The van der Waals surface area contributed by atoms with Crippen LogP contribution in [0.5, 0.6) is 0 Å². The molecular formula is C23H22Cl2N2OS. The lowest BCUT2D eigenvalue weighted by molar-refractivity contribution is -0.124. The predicted molar refractivity (Wildman–Crippen MR) is 124 cm³/mol. The van der Waals surface area contributed by atoms with Gasteiger partial charge in [0.15, 0.2) is 5.17 Å². The molecule has 0 bridgehead atoms. The lowest BCUT2D eigenvalue weighted by Gasteiger charge is -2.35. The summed E-state index contributed by atoms with van der Waals surface area (Å²) >= 11 is 13.8. The fourth-order valence-corrected chi connectivity index (χ4v) is 5.41. The highest BCUT2D eigenvalue weighted by atomic mass is 35.5. The van der Waals surface area contributed by atoms with Crippen LogP contribution in [-0.4, -0.2) is 22.0 Å². The van der Waals surface area contributed by atoms with E-state index >= 15 is 0 Å². The minimum atomic E-state index is 0.00875. The molecule has 2 atom stereocenters. The van der Waals surface area contributed by atoms with Crippen LogP contribution in [0.15, 0.2) is 58.4 Å². The number of amidine groups is 1. The van der Waals surface area contributed by atoms with E-state index in [0.29, 0.717) is 20.9 Å². The number of amides is 1. The normalized spacial score (nSPS) is 25.2. The van der Waals surface area contributed by atoms with E-state index in [2.05, 4.69) is 6.92 Å². The highest BCUT2D eigenvalue weighted by Crippen LogP contribution is 2.40.